The normalized spacial score (nSPS) is 11.8. The number of nitrogen functional groups attached to an aromatic ring is 2. The highest BCUT2D eigenvalue weighted by Crippen LogP contribution is 2.40. The number of hydrogen-bond acceptors (Lipinski definition) is 23. The third-order valence-electron chi connectivity index (χ3n) is 12.3. The second-order valence-electron chi connectivity index (χ2n) is 18.9. The number of nitrogens with one attached hydrogen (secondary N) is 4. The molecule has 2 fully saturated rings. The number of carbonyl (C=O) groups excluding carboxylic acids is 7. The van der Waals surface area contributed by atoms with E-state index < -0.39 is 41.4 Å². The molecular formula is C59H52F2N14O12S4. The summed E-state index contributed by atoms with van der Waals surface area (Å²) < 4.78 is 42.6. The van der Waals surface area contributed by atoms with Crippen LogP contribution in [0.5, 0.6) is 0 Å². The SMILES string of the molecule is COC(=O)c1cc(N)cs1.COC(=O)c1cc(NC(=O)c2cc(-n3cnc(C4CC4)c3)ccn2)cs1.COC(=O)c1cc(NC(=O)c2cc(F)ccn2)cs1.NNC(=O)c1cc(NC(=O)c2cc(-n3cnc(C4CC4)c3)ccn2)cs1.O=C(O)c1cc(F)ccn1. The van der Waals surface area contributed by atoms with E-state index >= 15 is 0 Å². The number of amides is 4. The molecule has 468 valence electrons. The molecule has 0 radical (unpaired) electrons. The lowest BCUT2D eigenvalue weighted by Gasteiger charge is -2.05. The first-order valence-corrected chi connectivity index (χ1v) is 30.1. The maximum Gasteiger partial charge on any atom is 0.354 e. The number of aromatic carboxylic acids is 1. The Bertz CT molecular complexity index is 4090. The van der Waals surface area contributed by atoms with Crippen molar-refractivity contribution in [2.24, 2.45) is 5.84 Å². The van der Waals surface area contributed by atoms with Gasteiger partial charge in [-0.1, -0.05) is 0 Å². The number of hydrazine groups is 1. The Labute approximate surface area is 530 Å². The summed E-state index contributed by atoms with van der Waals surface area (Å²) in [6.07, 6.45) is 17.7. The molecule has 10 aromatic heterocycles. The van der Waals surface area contributed by atoms with Crippen molar-refractivity contribution < 1.29 is 66.5 Å². The lowest BCUT2D eigenvalue weighted by molar-refractivity contribution is 0.0597. The standard InChI is InChI=1S/C18H16N4O3S.C17H16N6O2S.C12H9FN2O3S.C6H4FNO2.C6H7NO2S/c1-25-18(24)16-6-12(9-26-16)21-17(23)14-7-13(4-5-19-14)22-8-15(20-10-22)11-2-3-11;18-22-17(25)15-5-11(8-26-15)21-16(24)13-6-12(3-4-19-13)23-7-14(20-9-23)10-1-2-10;1-18-12(17)10-5-8(6-19-10)15-11(16)9-4-7(13)2-3-14-9;7-4-1-2-8-5(3-4)6(9)10;1-9-6(8)5-2-4(7)3-10-5/h4-11H,2-3H2,1H3,(H,21,23);3-10H,1-2,18H2,(H,21,24)(H,22,25);2-6H,1H3,(H,15,16);1-3H,(H,9,10);2-3H,7H2,1H3. The zero-order valence-corrected chi connectivity index (χ0v) is 51.2. The van der Waals surface area contributed by atoms with Gasteiger partial charge < -0.3 is 50.1 Å². The lowest BCUT2D eigenvalue weighted by Crippen LogP contribution is -2.29. The average Bonchev–Trinajstić information content (AvgIpc) is 1.98. The van der Waals surface area contributed by atoms with Crippen LogP contribution in [0.3, 0.4) is 0 Å². The molecule has 2 aliphatic rings. The van der Waals surface area contributed by atoms with E-state index in [-0.39, 0.29) is 40.6 Å². The number of carbonyl (C=O) groups is 8. The van der Waals surface area contributed by atoms with Gasteiger partial charge in [0.05, 0.1) is 78.7 Å². The van der Waals surface area contributed by atoms with Crippen LogP contribution in [0.2, 0.25) is 0 Å². The number of pyridine rings is 4. The first kappa shape index (κ1) is 66.2. The summed E-state index contributed by atoms with van der Waals surface area (Å²) in [7, 11) is 3.94. The second-order valence-corrected chi connectivity index (χ2v) is 22.6. The number of carboxylic acids is 1. The lowest BCUT2D eigenvalue weighted by atomic mass is 10.3. The molecule has 12 rings (SSSR count). The molecule has 9 N–H and O–H groups in total. The minimum absolute atomic E-state index is 0.0363. The van der Waals surface area contributed by atoms with Crippen LogP contribution in [0, 0.1) is 11.6 Å². The van der Waals surface area contributed by atoms with E-state index in [4.69, 9.17) is 16.7 Å². The van der Waals surface area contributed by atoms with E-state index in [1.54, 1.807) is 76.9 Å². The average molecular weight is 1320 g/mol. The van der Waals surface area contributed by atoms with Crippen LogP contribution in [-0.4, -0.2) is 113 Å². The number of hydrogen-bond donors (Lipinski definition) is 7. The van der Waals surface area contributed by atoms with Crippen LogP contribution in [-0.2, 0) is 14.2 Å². The summed E-state index contributed by atoms with van der Waals surface area (Å²) in [5.41, 5.74) is 13.6. The summed E-state index contributed by atoms with van der Waals surface area (Å²) in [5.74, 6) is 1.01. The molecule has 0 unspecified atom stereocenters. The molecule has 0 aromatic carbocycles. The van der Waals surface area contributed by atoms with E-state index in [0.29, 0.717) is 54.1 Å². The van der Waals surface area contributed by atoms with Crippen molar-refractivity contribution in [2.45, 2.75) is 37.5 Å². The number of halogens is 2. The molecule has 91 heavy (non-hydrogen) atoms. The Hall–Kier alpha value is -10.8. The summed E-state index contributed by atoms with van der Waals surface area (Å²) in [5, 5.41) is 22.9. The number of thiophene rings is 4. The largest absolute Gasteiger partial charge is 0.477 e. The van der Waals surface area contributed by atoms with E-state index in [1.807, 2.05) is 33.7 Å². The monoisotopic (exact) mass is 1310 g/mol. The van der Waals surface area contributed by atoms with Crippen LogP contribution in [0.1, 0.15) is 130 Å². The van der Waals surface area contributed by atoms with E-state index in [9.17, 15) is 47.1 Å². The summed E-state index contributed by atoms with van der Waals surface area (Å²) in [6, 6.07) is 17.4. The van der Waals surface area contributed by atoms with Gasteiger partial charge in [-0.05, 0) is 86.3 Å². The van der Waals surface area contributed by atoms with E-state index in [2.05, 4.69) is 65.5 Å². The van der Waals surface area contributed by atoms with Crippen LogP contribution in [0.25, 0.3) is 11.4 Å². The molecular weight excluding hydrogens is 1260 g/mol. The molecule has 32 heteroatoms. The van der Waals surface area contributed by atoms with Gasteiger partial charge in [-0.15, -0.1) is 45.3 Å². The number of methoxy groups -OCH3 is 3. The van der Waals surface area contributed by atoms with Gasteiger partial charge in [0.2, 0.25) is 0 Å². The highest BCUT2D eigenvalue weighted by atomic mass is 32.1. The van der Waals surface area contributed by atoms with Gasteiger partial charge in [0.15, 0.2) is 5.69 Å². The maximum atomic E-state index is 12.9. The first-order chi connectivity index (χ1) is 43.8. The Morgan fingerprint density at radius 2 is 0.857 bits per heavy atom. The van der Waals surface area contributed by atoms with Gasteiger partial charge in [0.25, 0.3) is 23.6 Å². The molecule has 26 nitrogen and oxygen atoms in total. The van der Waals surface area contributed by atoms with Gasteiger partial charge in [0, 0.05) is 88.4 Å². The molecule has 0 saturated heterocycles. The van der Waals surface area contributed by atoms with Crippen molar-refractivity contribution in [3.63, 3.8) is 0 Å². The Morgan fingerprint density at radius 1 is 0.495 bits per heavy atom. The molecule has 0 atom stereocenters. The maximum absolute atomic E-state index is 12.9. The van der Waals surface area contributed by atoms with Crippen molar-refractivity contribution in [3.8, 4) is 11.4 Å². The summed E-state index contributed by atoms with van der Waals surface area (Å²) >= 11 is 4.82. The van der Waals surface area contributed by atoms with Gasteiger partial charge >= 0.3 is 23.9 Å². The minimum Gasteiger partial charge on any atom is -0.477 e. The molecule has 2 saturated carbocycles. The predicted molar refractivity (Wildman–Crippen MR) is 333 cm³/mol. The van der Waals surface area contributed by atoms with Crippen molar-refractivity contribution in [1.29, 1.82) is 0 Å². The first-order valence-electron chi connectivity index (χ1n) is 26.6. The summed E-state index contributed by atoms with van der Waals surface area (Å²) in [4.78, 5) is 118. The number of imidazole rings is 2. The number of nitrogens with zero attached hydrogens (tertiary/aromatic N) is 8. The number of esters is 3. The third-order valence-corrected chi connectivity index (χ3v) is 16.0. The number of ether oxygens (including phenoxy) is 3. The number of aromatic nitrogens is 8. The molecule has 10 aromatic rings. The summed E-state index contributed by atoms with van der Waals surface area (Å²) in [6.45, 7) is 0. The van der Waals surface area contributed by atoms with Crippen LogP contribution >= 0.6 is 45.3 Å². The van der Waals surface area contributed by atoms with E-state index in [0.717, 1.165) is 64.6 Å². The zero-order valence-electron chi connectivity index (χ0n) is 47.9. The predicted octanol–water partition coefficient (Wildman–Crippen LogP) is 9.66. The van der Waals surface area contributed by atoms with Gasteiger partial charge in [-0.3, -0.25) is 39.6 Å². The van der Waals surface area contributed by atoms with Gasteiger partial charge in [-0.2, -0.15) is 0 Å². The molecule has 0 spiro atoms. The van der Waals surface area contributed by atoms with E-state index in [1.165, 1.54) is 93.3 Å². The highest BCUT2D eigenvalue weighted by molar-refractivity contribution is 7.13. The number of rotatable bonds is 15. The molecule has 4 amide bonds. The number of anilines is 4. The Balaban J connectivity index is 0.000000154. The van der Waals surface area contributed by atoms with Gasteiger partial charge in [0.1, 0.15) is 43.3 Å². The minimum atomic E-state index is -1.22. The Morgan fingerprint density at radius 3 is 1.22 bits per heavy atom. The number of nitrogens with two attached hydrogens (primary N) is 2. The molecule has 0 bridgehead atoms. The highest BCUT2D eigenvalue weighted by Gasteiger charge is 2.27. The second kappa shape index (κ2) is 31.4. The van der Waals surface area contributed by atoms with Crippen molar-refractivity contribution in [1.82, 2.24) is 44.5 Å². The molecule has 0 aliphatic heterocycles. The number of carboxylic acid groups (broad SMARTS) is 1. The third kappa shape index (κ3) is 19.1. The topological polar surface area (TPSA) is 372 Å². The van der Waals surface area contributed by atoms with Crippen LogP contribution in [0.15, 0.2) is 144 Å². The molecule has 2 aliphatic carbocycles. The fourth-order valence-corrected chi connectivity index (χ4v) is 10.5. The quantitative estimate of drug-likeness (QED) is 0.0165. The Kier molecular flexibility index (Phi) is 22.8. The van der Waals surface area contributed by atoms with Gasteiger partial charge in [-0.25, -0.2) is 48.8 Å². The van der Waals surface area contributed by atoms with Crippen molar-refractivity contribution >= 4 is 116 Å². The zero-order chi connectivity index (χ0) is 65.1. The van der Waals surface area contributed by atoms with Crippen LogP contribution in [0.4, 0.5) is 31.5 Å². The fourth-order valence-electron chi connectivity index (χ4n) is 7.55. The van der Waals surface area contributed by atoms with Crippen molar-refractivity contribution in [2.75, 3.05) is 43.0 Å². The smallest absolute Gasteiger partial charge is 0.354 e. The van der Waals surface area contributed by atoms with Crippen LogP contribution < -0.4 is 33.0 Å². The fraction of sp³-hybridized carbons (Fsp3) is 0.153. The molecule has 10 heterocycles. The van der Waals surface area contributed by atoms with Crippen molar-refractivity contribution in [3.05, 3.63) is 209 Å².